The Bertz CT molecular complexity index is 1010. The van der Waals surface area contributed by atoms with Gasteiger partial charge < -0.3 is 14.9 Å². The minimum atomic E-state index is -1.14. The van der Waals surface area contributed by atoms with E-state index in [0.717, 1.165) is 5.56 Å². The summed E-state index contributed by atoms with van der Waals surface area (Å²) < 4.78 is 17.8. The van der Waals surface area contributed by atoms with Gasteiger partial charge in [0.1, 0.15) is 18.1 Å². The Hall–Kier alpha value is -2.90. The molecule has 1 heterocycles. The SMILES string of the molecule is Cc1noc(-c2ccc(CNCCF)cc2)c1N(C(=O)O)C(C)c1ccccc1Cl. The van der Waals surface area contributed by atoms with Crippen molar-refractivity contribution in [2.75, 3.05) is 18.1 Å². The van der Waals surface area contributed by atoms with Gasteiger partial charge in [0.05, 0.1) is 6.04 Å². The summed E-state index contributed by atoms with van der Waals surface area (Å²) in [5.74, 6) is 0.358. The third-order valence-corrected chi connectivity index (χ3v) is 5.18. The maximum Gasteiger partial charge on any atom is 0.412 e. The van der Waals surface area contributed by atoms with Gasteiger partial charge >= 0.3 is 6.09 Å². The Kier molecular flexibility index (Phi) is 7.07. The molecule has 1 unspecified atom stereocenters. The molecule has 0 bridgehead atoms. The highest BCUT2D eigenvalue weighted by atomic mass is 35.5. The van der Waals surface area contributed by atoms with Crippen LogP contribution in [0.25, 0.3) is 11.3 Å². The number of nitrogens with zero attached hydrogens (tertiary/aromatic N) is 2. The number of hydrogen-bond donors (Lipinski definition) is 2. The molecule has 0 aliphatic rings. The van der Waals surface area contributed by atoms with Crippen LogP contribution in [0.3, 0.4) is 0 Å². The molecule has 6 nitrogen and oxygen atoms in total. The van der Waals surface area contributed by atoms with Crippen molar-refractivity contribution >= 4 is 23.4 Å². The van der Waals surface area contributed by atoms with E-state index in [1.54, 1.807) is 32.0 Å². The Labute approximate surface area is 179 Å². The highest BCUT2D eigenvalue weighted by molar-refractivity contribution is 6.31. The van der Waals surface area contributed by atoms with Crippen LogP contribution in [0.1, 0.15) is 29.8 Å². The molecule has 1 atom stereocenters. The zero-order valence-corrected chi connectivity index (χ0v) is 17.5. The molecule has 0 fully saturated rings. The van der Waals surface area contributed by atoms with E-state index in [9.17, 15) is 14.3 Å². The molecule has 0 radical (unpaired) electrons. The number of rotatable bonds is 8. The number of halogens is 2. The fourth-order valence-corrected chi connectivity index (χ4v) is 3.61. The highest BCUT2D eigenvalue weighted by Gasteiger charge is 2.31. The summed E-state index contributed by atoms with van der Waals surface area (Å²) in [7, 11) is 0. The molecule has 0 saturated carbocycles. The summed E-state index contributed by atoms with van der Waals surface area (Å²) in [5.41, 5.74) is 3.18. The van der Waals surface area contributed by atoms with E-state index in [-0.39, 0.29) is 0 Å². The summed E-state index contributed by atoms with van der Waals surface area (Å²) in [4.78, 5) is 13.5. The van der Waals surface area contributed by atoms with Gasteiger partial charge in [0.15, 0.2) is 5.76 Å². The van der Waals surface area contributed by atoms with Gasteiger partial charge in [0.2, 0.25) is 0 Å². The summed E-state index contributed by atoms with van der Waals surface area (Å²) in [5, 5.41) is 17.5. The summed E-state index contributed by atoms with van der Waals surface area (Å²) in [6.07, 6.45) is -1.14. The average Bonchev–Trinajstić information content (AvgIpc) is 3.10. The number of aromatic nitrogens is 1. The van der Waals surface area contributed by atoms with Gasteiger partial charge in [0, 0.05) is 23.7 Å². The lowest BCUT2D eigenvalue weighted by molar-refractivity contribution is 0.199. The van der Waals surface area contributed by atoms with Crippen LogP contribution in [0.4, 0.5) is 14.9 Å². The number of benzene rings is 2. The van der Waals surface area contributed by atoms with Crippen LogP contribution in [0, 0.1) is 6.92 Å². The molecule has 0 saturated heterocycles. The first-order valence-corrected chi connectivity index (χ1v) is 9.90. The number of alkyl halides is 1. The maximum atomic E-state index is 12.2. The van der Waals surface area contributed by atoms with E-state index in [0.29, 0.717) is 46.4 Å². The fraction of sp³-hybridized carbons (Fsp3) is 0.273. The molecular formula is C22H23ClFN3O3. The molecule has 2 N–H and O–H groups in total. The maximum absolute atomic E-state index is 12.2. The van der Waals surface area contributed by atoms with Crippen LogP contribution in [0.5, 0.6) is 0 Å². The zero-order chi connectivity index (χ0) is 21.7. The van der Waals surface area contributed by atoms with Gasteiger partial charge in [-0.3, -0.25) is 4.90 Å². The van der Waals surface area contributed by atoms with Crippen molar-refractivity contribution in [1.82, 2.24) is 10.5 Å². The number of carboxylic acid groups (broad SMARTS) is 1. The standard InChI is InChI=1S/C22H23ClFN3O3/c1-14-20(27(22(28)29)15(2)18-5-3-4-6-19(18)23)21(30-26-14)17-9-7-16(8-10-17)13-25-12-11-24/h3-10,15,25H,11-13H2,1-2H3,(H,28,29). The molecule has 3 rings (SSSR count). The first kappa shape index (κ1) is 21.8. The second-order valence-corrected chi connectivity index (χ2v) is 7.27. The summed E-state index contributed by atoms with van der Waals surface area (Å²) in [6, 6.07) is 14.0. The number of hydrogen-bond acceptors (Lipinski definition) is 4. The minimum absolute atomic E-state index is 0.292. The summed E-state index contributed by atoms with van der Waals surface area (Å²) in [6.45, 7) is 3.88. The molecule has 0 aliphatic carbocycles. The van der Waals surface area contributed by atoms with Crippen LogP contribution < -0.4 is 10.2 Å². The average molecular weight is 432 g/mol. The predicted octanol–water partition coefficient (Wildman–Crippen LogP) is 5.61. The van der Waals surface area contributed by atoms with Crippen LogP contribution >= 0.6 is 11.6 Å². The minimum Gasteiger partial charge on any atom is -0.465 e. The molecule has 158 valence electrons. The molecule has 3 aromatic rings. The molecule has 1 aromatic heterocycles. The Balaban J connectivity index is 1.97. The second kappa shape index (κ2) is 9.73. The van der Waals surface area contributed by atoms with Crippen LogP contribution in [-0.2, 0) is 6.54 Å². The van der Waals surface area contributed by atoms with E-state index in [4.69, 9.17) is 16.1 Å². The van der Waals surface area contributed by atoms with Gasteiger partial charge in [-0.05, 0) is 31.0 Å². The largest absolute Gasteiger partial charge is 0.465 e. The first-order valence-electron chi connectivity index (χ1n) is 9.53. The van der Waals surface area contributed by atoms with Crippen molar-refractivity contribution in [3.05, 3.63) is 70.4 Å². The smallest absolute Gasteiger partial charge is 0.412 e. The Morgan fingerprint density at radius 2 is 1.97 bits per heavy atom. The number of carbonyl (C=O) groups is 1. The fourth-order valence-electron chi connectivity index (χ4n) is 3.32. The van der Waals surface area contributed by atoms with Crippen LogP contribution in [0.2, 0.25) is 5.02 Å². The van der Waals surface area contributed by atoms with Crippen molar-refractivity contribution in [2.24, 2.45) is 0 Å². The lowest BCUT2D eigenvalue weighted by Gasteiger charge is -2.27. The van der Waals surface area contributed by atoms with Gasteiger partial charge in [-0.1, -0.05) is 59.2 Å². The van der Waals surface area contributed by atoms with E-state index >= 15 is 0 Å². The molecule has 0 aliphatic heterocycles. The number of amides is 1. The van der Waals surface area contributed by atoms with Gasteiger partial charge in [0.25, 0.3) is 0 Å². The normalized spacial score (nSPS) is 12.0. The lowest BCUT2D eigenvalue weighted by Crippen LogP contribution is -2.33. The third-order valence-electron chi connectivity index (χ3n) is 4.84. The molecule has 1 amide bonds. The second-order valence-electron chi connectivity index (χ2n) is 6.86. The quantitative estimate of drug-likeness (QED) is 0.453. The van der Waals surface area contributed by atoms with Crippen molar-refractivity contribution in [3.8, 4) is 11.3 Å². The van der Waals surface area contributed by atoms with Gasteiger partial charge in [-0.25, -0.2) is 9.18 Å². The Morgan fingerprint density at radius 1 is 1.27 bits per heavy atom. The highest BCUT2D eigenvalue weighted by Crippen LogP contribution is 2.39. The molecule has 8 heteroatoms. The molecular weight excluding hydrogens is 409 g/mol. The van der Waals surface area contributed by atoms with E-state index in [1.165, 1.54) is 4.90 Å². The Morgan fingerprint density at radius 3 is 2.60 bits per heavy atom. The number of nitrogens with one attached hydrogen (secondary N) is 1. The lowest BCUT2D eigenvalue weighted by atomic mass is 10.0. The van der Waals surface area contributed by atoms with Crippen LogP contribution in [0.15, 0.2) is 53.1 Å². The van der Waals surface area contributed by atoms with Crippen molar-refractivity contribution in [3.63, 3.8) is 0 Å². The molecule has 30 heavy (non-hydrogen) atoms. The van der Waals surface area contributed by atoms with E-state index in [1.807, 2.05) is 30.3 Å². The van der Waals surface area contributed by atoms with Gasteiger partial charge in [-0.15, -0.1) is 0 Å². The van der Waals surface area contributed by atoms with Crippen molar-refractivity contribution < 1.29 is 18.8 Å². The number of anilines is 1. The third kappa shape index (κ3) is 4.63. The van der Waals surface area contributed by atoms with E-state index < -0.39 is 18.8 Å². The first-order chi connectivity index (χ1) is 14.4. The molecule has 0 spiro atoms. The van der Waals surface area contributed by atoms with Crippen LogP contribution in [-0.4, -0.2) is 29.6 Å². The predicted molar refractivity (Wildman–Crippen MR) is 115 cm³/mol. The van der Waals surface area contributed by atoms with E-state index in [2.05, 4.69) is 10.5 Å². The number of aryl methyl sites for hydroxylation is 1. The van der Waals surface area contributed by atoms with Crippen molar-refractivity contribution in [1.29, 1.82) is 0 Å². The van der Waals surface area contributed by atoms with Crippen molar-refractivity contribution in [2.45, 2.75) is 26.4 Å². The summed E-state index contributed by atoms with van der Waals surface area (Å²) >= 11 is 6.31. The monoisotopic (exact) mass is 431 g/mol. The zero-order valence-electron chi connectivity index (χ0n) is 16.7. The van der Waals surface area contributed by atoms with Gasteiger partial charge in [-0.2, -0.15) is 0 Å². The topological polar surface area (TPSA) is 78.6 Å². The molecule has 2 aromatic carbocycles.